The Labute approximate surface area is 94.2 Å². The first-order chi connectivity index (χ1) is 7.17. The van der Waals surface area contributed by atoms with Crippen molar-refractivity contribution in [1.29, 1.82) is 0 Å². The Kier molecular flexibility index (Phi) is 5.58. The number of hydrogen-bond acceptors (Lipinski definition) is 3. The maximum atomic E-state index is 5.52. The van der Waals surface area contributed by atoms with E-state index in [0.29, 0.717) is 12.0 Å². The number of nitrogens with one attached hydrogen (secondary N) is 1. The number of likely N-dealkylation sites (tertiary alicyclic amines) is 1. The molecule has 3 heteroatoms. The van der Waals surface area contributed by atoms with Crippen molar-refractivity contribution >= 4 is 0 Å². The van der Waals surface area contributed by atoms with Crippen molar-refractivity contribution in [3.8, 4) is 0 Å². The van der Waals surface area contributed by atoms with Crippen LogP contribution >= 0.6 is 0 Å². The minimum Gasteiger partial charge on any atom is -0.380 e. The fraction of sp³-hybridized carbons (Fsp3) is 1.00. The molecule has 0 aromatic carbocycles. The van der Waals surface area contributed by atoms with Gasteiger partial charge >= 0.3 is 0 Å². The molecular formula is C12H26N2O. The van der Waals surface area contributed by atoms with Crippen LogP contribution in [0.1, 0.15) is 20.3 Å². The van der Waals surface area contributed by atoms with Crippen LogP contribution in [0, 0.1) is 11.8 Å². The largest absolute Gasteiger partial charge is 0.380 e. The van der Waals surface area contributed by atoms with Gasteiger partial charge in [0.2, 0.25) is 0 Å². The predicted octanol–water partition coefficient (Wildman–Crippen LogP) is 1.20. The van der Waals surface area contributed by atoms with Gasteiger partial charge in [-0.05, 0) is 38.4 Å². The zero-order valence-electron chi connectivity index (χ0n) is 10.6. The second-order valence-corrected chi connectivity index (χ2v) is 4.96. The highest BCUT2D eigenvalue weighted by atomic mass is 16.5. The quantitative estimate of drug-likeness (QED) is 0.744. The highest BCUT2D eigenvalue weighted by Gasteiger charge is 2.26. The van der Waals surface area contributed by atoms with Gasteiger partial charge in [-0.25, -0.2) is 0 Å². The number of piperidine rings is 1. The summed E-state index contributed by atoms with van der Waals surface area (Å²) in [5, 5.41) is 3.23. The van der Waals surface area contributed by atoms with Gasteiger partial charge in [0.15, 0.2) is 0 Å². The number of rotatable bonds is 5. The van der Waals surface area contributed by atoms with E-state index in [1.54, 1.807) is 0 Å². The summed E-state index contributed by atoms with van der Waals surface area (Å²) >= 11 is 0. The normalized spacial score (nSPS) is 30.4. The number of ether oxygens (including phenoxy) is 1. The van der Waals surface area contributed by atoms with Crippen molar-refractivity contribution in [2.24, 2.45) is 11.8 Å². The molecule has 3 nitrogen and oxygen atoms in total. The summed E-state index contributed by atoms with van der Waals surface area (Å²) in [6, 6.07) is 0. The highest BCUT2D eigenvalue weighted by molar-refractivity contribution is 4.79. The summed E-state index contributed by atoms with van der Waals surface area (Å²) in [5.41, 5.74) is 0. The molecule has 1 fully saturated rings. The second-order valence-electron chi connectivity index (χ2n) is 4.96. The molecule has 1 heterocycles. The molecule has 15 heavy (non-hydrogen) atoms. The lowest BCUT2D eigenvalue weighted by Gasteiger charge is -2.37. The van der Waals surface area contributed by atoms with Crippen LogP contribution in [0.3, 0.4) is 0 Å². The summed E-state index contributed by atoms with van der Waals surface area (Å²) in [6.07, 6.45) is 1.70. The van der Waals surface area contributed by atoms with E-state index >= 15 is 0 Å². The molecule has 3 unspecified atom stereocenters. The van der Waals surface area contributed by atoms with E-state index in [9.17, 15) is 0 Å². The summed E-state index contributed by atoms with van der Waals surface area (Å²) in [6.45, 7) is 9.22. The standard InChI is InChI=1S/C12H26N2O/c1-10(7-13-3)8-14-6-5-11(2)12(9-14)15-4/h10-13H,5-9H2,1-4H3. The summed E-state index contributed by atoms with van der Waals surface area (Å²) in [7, 11) is 3.86. The monoisotopic (exact) mass is 214 g/mol. The average molecular weight is 214 g/mol. The molecule has 0 aromatic heterocycles. The van der Waals surface area contributed by atoms with Crippen molar-refractivity contribution in [2.75, 3.05) is 40.3 Å². The molecule has 0 radical (unpaired) electrons. The van der Waals surface area contributed by atoms with Gasteiger partial charge in [-0.15, -0.1) is 0 Å². The van der Waals surface area contributed by atoms with E-state index in [4.69, 9.17) is 4.74 Å². The Morgan fingerprint density at radius 1 is 1.53 bits per heavy atom. The van der Waals surface area contributed by atoms with E-state index < -0.39 is 0 Å². The lowest BCUT2D eigenvalue weighted by atomic mass is 9.95. The van der Waals surface area contributed by atoms with Crippen molar-refractivity contribution in [3.05, 3.63) is 0 Å². The molecule has 0 aliphatic carbocycles. The van der Waals surface area contributed by atoms with Crippen molar-refractivity contribution in [2.45, 2.75) is 26.4 Å². The maximum Gasteiger partial charge on any atom is 0.0724 e. The fourth-order valence-corrected chi connectivity index (χ4v) is 2.42. The molecule has 1 saturated heterocycles. The molecule has 0 aromatic rings. The Morgan fingerprint density at radius 2 is 2.27 bits per heavy atom. The number of nitrogens with zero attached hydrogens (tertiary/aromatic N) is 1. The minimum absolute atomic E-state index is 0.431. The van der Waals surface area contributed by atoms with Crippen molar-refractivity contribution < 1.29 is 4.74 Å². The van der Waals surface area contributed by atoms with Crippen molar-refractivity contribution in [1.82, 2.24) is 10.2 Å². The zero-order chi connectivity index (χ0) is 11.3. The molecular weight excluding hydrogens is 188 g/mol. The third-order valence-corrected chi connectivity index (χ3v) is 3.40. The Bertz CT molecular complexity index is 175. The lowest BCUT2D eigenvalue weighted by molar-refractivity contribution is -0.00846. The van der Waals surface area contributed by atoms with Gasteiger partial charge in [0.25, 0.3) is 0 Å². The minimum atomic E-state index is 0.431. The van der Waals surface area contributed by atoms with Gasteiger partial charge in [-0.3, -0.25) is 0 Å². The van der Waals surface area contributed by atoms with E-state index in [1.165, 1.54) is 19.5 Å². The van der Waals surface area contributed by atoms with Crippen LogP contribution in [0.25, 0.3) is 0 Å². The molecule has 0 spiro atoms. The van der Waals surface area contributed by atoms with Crippen LogP contribution in [0.5, 0.6) is 0 Å². The molecule has 3 atom stereocenters. The Hall–Kier alpha value is -0.120. The van der Waals surface area contributed by atoms with E-state index in [2.05, 4.69) is 24.1 Å². The molecule has 0 saturated carbocycles. The number of methoxy groups -OCH3 is 1. The van der Waals surface area contributed by atoms with Gasteiger partial charge in [0.05, 0.1) is 6.10 Å². The van der Waals surface area contributed by atoms with Gasteiger partial charge in [-0.1, -0.05) is 13.8 Å². The zero-order valence-corrected chi connectivity index (χ0v) is 10.6. The summed E-state index contributed by atoms with van der Waals surface area (Å²) in [5.74, 6) is 1.44. The van der Waals surface area contributed by atoms with Crippen LogP contribution in [-0.2, 0) is 4.74 Å². The van der Waals surface area contributed by atoms with Gasteiger partial charge in [0, 0.05) is 20.2 Å². The van der Waals surface area contributed by atoms with Crippen LogP contribution in [0.15, 0.2) is 0 Å². The third-order valence-electron chi connectivity index (χ3n) is 3.40. The van der Waals surface area contributed by atoms with E-state index in [1.807, 2.05) is 14.2 Å². The lowest BCUT2D eigenvalue weighted by Crippen LogP contribution is -2.46. The average Bonchev–Trinajstić information content (AvgIpc) is 2.21. The first kappa shape index (κ1) is 12.9. The Balaban J connectivity index is 2.31. The molecule has 1 aliphatic rings. The van der Waals surface area contributed by atoms with Crippen LogP contribution in [0.4, 0.5) is 0 Å². The molecule has 90 valence electrons. The number of hydrogen-bond donors (Lipinski definition) is 1. The SMILES string of the molecule is CNCC(C)CN1CCC(C)C(OC)C1. The van der Waals surface area contributed by atoms with Gasteiger partial charge < -0.3 is 15.0 Å². The van der Waals surface area contributed by atoms with Crippen LogP contribution in [0.2, 0.25) is 0 Å². The fourth-order valence-electron chi connectivity index (χ4n) is 2.42. The van der Waals surface area contributed by atoms with E-state index in [0.717, 1.165) is 19.0 Å². The predicted molar refractivity (Wildman–Crippen MR) is 64.1 cm³/mol. The maximum absolute atomic E-state index is 5.52. The first-order valence-corrected chi connectivity index (χ1v) is 6.07. The topological polar surface area (TPSA) is 24.5 Å². The smallest absolute Gasteiger partial charge is 0.0724 e. The van der Waals surface area contributed by atoms with Crippen LogP contribution in [-0.4, -0.2) is 51.3 Å². The molecule has 1 N–H and O–H groups in total. The summed E-state index contributed by atoms with van der Waals surface area (Å²) < 4.78 is 5.52. The first-order valence-electron chi connectivity index (χ1n) is 6.07. The third kappa shape index (κ3) is 4.09. The van der Waals surface area contributed by atoms with Crippen molar-refractivity contribution in [3.63, 3.8) is 0 Å². The van der Waals surface area contributed by atoms with Gasteiger partial charge in [-0.2, -0.15) is 0 Å². The molecule has 1 rings (SSSR count). The molecule has 1 aliphatic heterocycles. The van der Waals surface area contributed by atoms with Gasteiger partial charge in [0.1, 0.15) is 0 Å². The van der Waals surface area contributed by atoms with E-state index in [-0.39, 0.29) is 0 Å². The Morgan fingerprint density at radius 3 is 2.87 bits per heavy atom. The molecule has 0 bridgehead atoms. The molecule has 0 amide bonds. The highest BCUT2D eigenvalue weighted by Crippen LogP contribution is 2.19. The second kappa shape index (κ2) is 6.46. The van der Waals surface area contributed by atoms with Crippen LogP contribution < -0.4 is 5.32 Å². The summed E-state index contributed by atoms with van der Waals surface area (Å²) in [4.78, 5) is 2.54.